The van der Waals surface area contributed by atoms with Crippen LogP contribution in [0.2, 0.25) is 0 Å². The van der Waals surface area contributed by atoms with Gasteiger partial charge in [-0.2, -0.15) is 0 Å². The van der Waals surface area contributed by atoms with Gasteiger partial charge in [-0.25, -0.2) is 0 Å². The second-order valence-electron chi connectivity index (χ2n) is 10.8. The van der Waals surface area contributed by atoms with E-state index in [1.54, 1.807) is 0 Å². The van der Waals surface area contributed by atoms with Crippen LogP contribution in [0.4, 0.5) is 0 Å². The molecule has 4 saturated carbocycles. The molecule has 4 rings (SSSR count). The standard InChI is InChI=1S/C25H42O4/c1-15(5-10-23(28)29-4)19-8-9-20-18-7-6-16-13-17(26)11-12-24(16,2)21(18)14-22(27)25(19,20)3/h15-22,26-27H,5-14H2,1-4H3/t15-,16-,17-,18+,19-,20+,21+,22+,24+,25-/m1/s1/i11D2,13D2,17D. The van der Waals surface area contributed by atoms with Gasteiger partial charge in [0.15, 0.2) is 0 Å². The van der Waals surface area contributed by atoms with Crippen LogP contribution in [0.15, 0.2) is 0 Å². The van der Waals surface area contributed by atoms with Gasteiger partial charge in [-0.1, -0.05) is 20.8 Å². The number of fused-ring (bicyclic) bond motifs is 5. The van der Waals surface area contributed by atoms with Gasteiger partial charge in [0.1, 0.15) is 0 Å². The largest absolute Gasteiger partial charge is 0.469 e. The van der Waals surface area contributed by atoms with Crippen LogP contribution in [0.3, 0.4) is 0 Å². The second-order valence-corrected chi connectivity index (χ2v) is 10.8. The summed E-state index contributed by atoms with van der Waals surface area (Å²) in [7, 11) is 1.40. The number of carbonyl (C=O) groups excluding carboxylic acids is 1. The number of carbonyl (C=O) groups is 1. The van der Waals surface area contributed by atoms with E-state index in [0.717, 1.165) is 25.7 Å². The molecule has 4 nitrogen and oxygen atoms in total. The van der Waals surface area contributed by atoms with E-state index in [1.807, 2.05) is 6.92 Å². The maximum Gasteiger partial charge on any atom is 0.305 e. The van der Waals surface area contributed by atoms with Gasteiger partial charge in [0.25, 0.3) is 0 Å². The lowest BCUT2D eigenvalue weighted by atomic mass is 9.43. The van der Waals surface area contributed by atoms with E-state index in [4.69, 9.17) is 11.6 Å². The molecule has 4 aliphatic carbocycles. The molecule has 0 heterocycles. The van der Waals surface area contributed by atoms with Crippen LogP contribution in [0.5, 0.6) is 0 Å². The molecule has 4 aliphatic rings. The summed E-state index contributed by atoms with van der Waals surface area (Å²) in [6.07, 6.45) is -3.36. The minimum atomic E-state index is -2.80. The highest BCUT2D eigenvalue weighted by Gasteiger charge is 2.63. The minimum Gasteiger partial charge on any atom is -0.469 e. The summed E-state index contributed by atoms with van der Waals surface area (Å²) in [5, 5.41) is 22.3. The molecule has 10 atom stereocenters. The lowest BCUT2D eigenvalue weighted by Gasteiger charge is -2.62. The molecule has 0 spiro atoms. The highest BCUT2D eigenvalue weighted by molar-refractivity contribution is 5.69. The predicted molar refractivity (Wildman–Crippen MR) is 113 cm³/mol. The van der Waals surface area contributed by atoms with Crippen LogP contribution in [-0.2, 0) is 9.53 Å². The minimum absolute atomic E-state index is 0.0512. The van der Waals surface area contributed by atoms with Crippen LogP contribution in [-0.4, -0.2) is 35.5 Å². The van der Waals surface area contributed by atoms with Crippen molar-refractivity contribution in [2.24, 2.45) is 46.3 Å². The Morgan fingerprint density at radius 1 is 1.24 bits per heavy atom. The Morgan fingerprint density at radius 2 is 2.00 bits per heavy atom. The predicted octanol–water partition coefficient (Wildman–Crippen LogP) is 4.57. The number of hydrogen-bond acceptors (Lipinski definition) is 4. The zero-order valence-electron chi connectivity index (χ0n) is 23.4. The van der Waals surface area contributed by atoms with Gasteiger partial charge >= 0.3 is 5.97 Å². The molecule has 2 N–H and O–H groups in total. The Bertz CT molecular complexity index is 819. The van der Waals surface area contributed by atoms with E-state index in [1.165, 1.54) is 7.11 Å². The average molecular weight is 412 g/mol. The van der Waals surface area contributed by atoms with Crippen LogP contribution in [0, 0.1) is 46.3 Å². The van der Waals surface area contributed by atoms with Crippen LogP contribution in [0.25, 0.3) is 0 Å². The van der Waals surface area contributed by atoms with Crippen molar-refractivity contribution in [1.29, 1.82) is 0 Å². The summed E-state index contributed by atoms with van der Waals surface area (Å²) in [5.41, 5.74) is -1.02. The fraction of sp³-hybridized carbons (Fsp3) is 0.960. The van der Waals surface area contributed by atoms with Crippen LogP contribution < -0.4 is 0 Å². The molecule has 0 radical (unpaired) electrons. The molecule has 0 amide bonds. The Balaban J connectivity index is 1.63. The lowest BCUT2D eigenvalue weighted by Crippen LogP contribution is -2.58. The van der Waals surface area contributed by atoms with Crippen LogP contribution in [0.1, 0.15) is 91.7 Å². The van der Waals surface area contributed by atoms with Gasteiger partial charge in [0.2, 0.25) is 0 Å². The first-order chi connectivity index (χ1) is 15.6. The summed E-state index contributed by atoms with van der Waals surface area (Å²) in [6, 6.07) is 0. The van der Waals surface area contributed by atoms with E-state index in [2.05, 4.69) is 13.8 Å². The zero-order valence-corrected chi connectivity index (χ0v) is 18.4. The third-order valence-corrected chi connectivity index (χ3v) is 9.71. The Kier molecular flexibility index (Phi) is 4.34. The van der Waals surface area contributed by atoms with Crippen molar-refractivity contribution in [1.82, 2.24) is 0 Å². The number of methoxy groups -OCH3 is 1. The zero-order chi connectivity index (χ0) is 25.5. The SMILES string of the molecule is [2H]C1([2H])C[C@@]2(C)[C@H](CC[C@@H]3[C@@H]2C[C@H](O)[C@]2(C)[C@@H]([C@H](C)CCC(=O)OC)CC[C@@H]32)C([2H])([2H])[C@]1([2H])O. The molecule has 166 valence electrons. The van der Waals surface area contributed by atoms with Gasteiger partial charge in [-0.05, 0) is 104 Å². The quantitative estimate of drug-likeness (QED) is 0.665. The molecule has 0 bridgehead atoms. The fourth-order valence-corrected chi connectivity index (χ4v) is 8.01. The normalized spacial score (nSPS) is 58.8. The van der Waals surface area contributed by atoms with Crippen molar-refractivity contribution in [3.63, 3.8) is 0 Å². The highest BCUT2D eigenvalue weighted by atomic mass is 16.5. The fourth-order valence-electron chi connectivity index (χ4n) is 8.01. The summed E-state index contributed by atoms with van der Waals surface area (Å²) in [6.45, 7) is 6.30. The van der Waals surface area contributed by atoms with Crippen molar-refractivity contribution >= 4 is 5.97 Å². The molecule has 0 aromatic heterocycles. The van der Waals surface area contributed by atoms with Crippen molar-refractivity contribution in [3.05, 3.63) is 0 Å². The summed E-state index contributed by atoms with van der Waals surface area (Å²) >= 11 is 0. The summed E-state index contributed by atoms with van der Waals surface area (Å²) in [4.78, 5) is 11.7. The monoisotopic (exact) mass is 411 g/mol. The molecule has 0 aromatic rings. The van der Waals surface area contributed by atoms with Gasteiger partial charge < -0.3 is 14.9 Å². The summed E-state index contributed by atoms with van der Waals surface area (Å²) < 4.78 is 47.3. The smallest absolute Gasteiger partial charge is 0.305 e. The van der Waals surface area contributed by atoms with Crippen molar-refractivity contribution in [2.45, 2.75) is 97.1 Å². The molecule has 4 heteroatoms. The van der Waals surface area contributed by atoms with Gasteiger partial charge in [-0.3, -0.25) is 4.79 Å². The van der Waals surface area contributed by atoms with Crippen molar-refractivity contribution in [3.8, 4) is 0 Å². The third-order valence-electron chi connectivity index (χ3n) is 9.71. The Morgan fingerprint density at radius 3 is 2.72 bits per heavy atom. The molecule has 29 heavy (non-hydrogen) atoms. The van der Waals surface area contributed by atoms with E-state index < -0.39 is 36.3 Å². The van der Waals surface area contributed by atoms with Gasteiger partial charge in [-0.15, -0.1) is 0 Å². The third kappa shape index (κ3) is 3.37. The van der Waals surface area contributed by atoms with E-state index >= 15 is 0 Å². The first-order valence-corrected chi connectivity index (χ1v) is 11.5. The number of aliphatic hydroxyl groups excluding tert-OH is 1. The maximum atomic E-state index is 11.7. The van der Waals surface area contributed by atoms with Crippen molar-refractivity contribution < 1.29 is 26.6 Å². The van der Waals surface area contributed by atoms with Gasteiger partial charge in [0.05, 0.1) is 20.7 Å². The van der Waals surface area contributed by atoms with Crippen LogP contribution >= 0.6 is 0 Å². The number of ether oxygens (including phenoxy) is 1. The number of esters is 1. The Labute approximate surface area is 183 Å². The number of hydrogen-bond donors (Lipinski definition) is 2. The number of aliphatic hydroxyl groups is 2. The topological polar surface area (TPSA) is 66.8 Å². The van der Waals surface area contributed by atoms with Gasteiger partial charge in [0, 0.05) is 11.9 Å². The molecule has 4 fully saturated rings. The highest BCUT2D eigenvalue weighted by Crippen LogP contribution is 2.68. The lowest BCUT2D eigenvalue weighted by molar-refractivity contribution is -0.175. The van der Waals surface area contributed by atoms with E-state index in [-0.39, 0.29) is 47.4 Å². The Hall–Kier alpha value is -0.610. The molecular weight excluding hydrogens is 364 g/mol. The van der Waals surface area contributed by atoms with E-state index in [9.17, 15) is 15.0 Å². The maximum absolute atomic E-state index is 11.7. The second kappa shape index (κ2) is 7.82. The average Bonchev–Trinajstić information content (AvgIpc) is 3.10. The van der Waals surface area contributed by atoms with Crippen molar-refractivity contribution in [2.75, 3.05) is 7.11 Å². The molecular formula is C25H42O4. The molecule has 0 unspecified atom stereocenters. The molecule has 0 saturated heterocycles. The first kappa shape index (κ1) is 16.1. The number of rotatable bonds is 4. The first-order valence-electron chi connectivity index (χ1n) is 14.0. The summed E-state index contributed by atoms with van der Waals surface area (Å²) in [5.74, 6) is 0.186. The molecule has 0 aromatic carbocycles. The van der Waals surface area contributed by atoms with E-state index in [0.29, 0.717) is 19.3 Å². The molecule has 0 aliphatic heterocycles.